The first kappa shape index (κ1) is 25.2. The van der Waals surface area contributed by atoms with Crippen molar-refractivity contribution in [3.05, 3.63) is 125 Å². The average molecular weight is 523 g/mol. The van der Waals surface area contributed by atoms with Gasteiger partial charge in [0.15, 0.2) is 11.5 Å². The van der Waals surface area contributed by atoms with Gasteiger partial charge >= 0.3 is 0 Å². The lowest BCUT2D eigenvalue weighted by molar-refractivity contribution is -0.128. The van der Waals surface area contributed by atoms with Crippen LogP contribution in [-0.4, -0.2) is 30.9 Å². The number of benzene rings is 4. The summed E-state index contributed by atoms with van der Waals surface area (Å²) in [6, 6.07) is 30.8. The lowest BCUT2D eigenvalue weighted by Crippen LogP contribution is -2.39. The predicted molar refractivity (Wildman–Crippen MR) is 146 cm³/mol. The molecule has 0 bridgehead atoms. The van der Waals surface area contributed by atoms with Crippen LogP contribution in [0.2, 0.25) is 0 Å². The fraction of sp³-hybridized carbons (Fsp3) is 0.242. The molecular weight excluding hydrogens is 492 g/mol. The van der Waals surface area contributed by atoms with Gasteiger partial charge in [-0.25, -0.2) is 0 Å². The van der Waals surface area contributed by atoms with Crippen LogP contribution in [0.25, 0.3) is 0 Å². The van der Waals surface area contributed by atoms with E-state index in [9.17, 15) is 9.90 Å². The topological polar surface area (TPSA) is 74.2 Å². The lowest BCUT2D eigenvalue weighted by Gasteiger charge is -2.34. The minimum absolute atomic E-state index is 0.114. The molecule has 6 nitrogen and oxygen atoms in total. The van der Waals surface area contributed by atoms with Crippen molar-refractivity contribution in [1.29, 1.82) is 0 Å². The Labute approximate surface area is 227 Å². The summed E-state index contributed by atoms with van der Waals surface area (Å²) >= 11 is 0. The molecule has 0 saturated carbocycles. The molecule has 6 rings (SSSR count). The van der Waals surface area contributed by atoms with Crippen molar-refractivity contribution < 1.29 is 28.8 Å². The van der Waals surface area contributed by atoms with E-state index < -0.39 is 11.5 Å². The van der Waals surface area contributed by atoms with Crippen LogP contribution >= 0.6 is 0 Å². The SMILES string of the molecule is CC(=O)C1C(c2ccc3c(c2)OCO3)c2ccccc2C1(O)c1ccccc1OCCOCc1ccccc1. The summed E-state index contributed by atoms with van der Waals surface area (Å²) in [6.45, 7) is 2.89. The summed E-state index contributed by atoms with van der Waals surface area (Å²) < 4.78 is 23.1. The highest BCUT2D eigenvalue weighted by Crippen LogP contribution is 2.57. The number of fused-ring (bicyclic) bond motifs is 2. The molecule has 1 heterocycles. The van der Waals surface area contributed by atoms with Crippen LogP contribution in [0.3, 0.4) is 0 Å². The fourth-order valence-corrected chi connectivity index (χ4v) is 5.91. The van der Waals surface area contributed by atoms with Gasteiger partial charge in [-0.15, -0.1) is 0 Å². The van der Waals surface area contributed by atoms with Crippen LogP contribution < -0.4 is 14.2 Å². The molecule has 2 aliphatic rings. The normalized spacial score (nSPS) is 21.0. The van der Waals surface area contributed by atoms with Gasteiger partial charge in [-0.1, -0.05) is 78.9 Å². The maximum Gasteiger partial charge on any atom is 0.231 e. The molecule has 0 radical (unpaired) electrons. The van der Waals surface area contributed by atoms with Gasteiger partial charge in [-0.05, 0) is 47.4 Å². The average Bonchev–Trinajstić information content (AvgIpc) is 3.54. The smallest absolute Gasteiger partial charge is 0.231 e. The van der Waals surface area contributed by atoms with Crippen molar-refractivity contribution in [3.63, 3.8) is 0 Å². The third-order valence-corrected chi connectivity index (χ3v) is 7.58. The third kappa shape index (κ3) is 4.56. The van der Waals surface area contributed by atoms with Crippen molar-refractivity contribution in [2.24, 2.45) is 5.92 Å². The number of carbonyl (C=O) groups excluding carboxylic acids is 1. The van der Waals surface area contributed by atoms with Gasteiger partial charge in [-0.3, -0.25) is 4.79 Å². The zero-order chi connectivity index (χ0) is 26.8. The van der Waals surface area contributed by atoms with Crippen molar-refractivity contribution >= 4 is 5.78 Å². The molecular formula is C33H30O6. The number of ketones is 1. The van der Waals surface area contributed by atoms with E-state index in [-0.39, 0.29) is 18.5 Å². The third-order valence-electron chi connectivity index (χ3n) is 7.58. The van der Waals surface area contributed by atoms with E-state index >= 15 is 0 Å². The number of para-hydroxylation sites is 1. The highest BCUT2D eigenvalue weighted by Gasteiger charge is 2.56. The zero-order valence-electron chi connectivity index (χ0n) is 21.7. The van der Waals surface area contributed by atoms with E-state index in [0.717, 1.165) is 16.7 Å². The van der Waals surface area contributed by atoms with Crippen LogP contribution in [0.5, 0.6) is 17.2 Å². The first-order valence-electron chi connectivity index (χ1n) is 13.1. The molecule has 0 aromatic heterocycles. The minimum atomic E-state index is -1.59. The molecule has 1 aliphatic carbocycles. The number of aliphatic hydroxyl groups is 1. The molecule has 0 spiro atoms. The number of rotatable bonds is 9. The van der Waals surface area contributed by atoms with E-state index in [1.807, 2.05) is 97.1 Å². The Hall–Kier alpha value is -4.13. The van der Waals surface area contributed by atoms with Crippen LogP contribution in [0.15, 0.2) is 97.1 Å². The molecule has 0 amide bonds. The number of hydrogen-bond acceptors (Lipinski definition) is 6. The summed E-state index contributed by atoms with van der Waals surface area (Å²) in [5.41, 5.74) is 2.54. The van der Waals surface area contributed by atoms with Crippen LogP contribution in [0.4, 0.5) is 0 Å². The molecule has 6 heteroatoms. The van der Waals surface area contributed by atoms with Gasteiger partial charge in [0.05, 0.1) is 19.1 Å². The summed E-state index contributed by atoms with van der Waals surface area (Å²) in [7, 11) is 0. The summed E-state index contributed by atoms with van der Waals surface area (Å²) in [5, 5.41) is 12.6. The Morgan fingerprint density at radius 3 is 2.41 bits per heavy atom. The number of Topliss-reactive ketones (excluding diaryl/α,β-unsaturated/α-hetero) is 1. The minimum Gasteiger partial charge on any atom is -0.491 e. The van der Waals surface area contributed by atoms with Gasteiger partial charge in [0, 0.05) is 11.5 Å². The predicted octanol–water partition coefficient (Wildman–Crippen LogP) is 5.60. The molecule has 1 aliphatic heterocycles. The van der Waals surface area contributed by atoms with E-state index in [2.05, 4.69) is 0 Å². The Balaban J connectivity index is 1.32. The molecule has 1 N–H and O–H groups in total. The second kappa shape index (κ2) is 10.6. The number of hydrogen-bond donors (Lipinski definition) is 1. The molecule has 4 aromatic rings. The van der Waals surface area contributed by atoms with Crippen molar-refractivity contribution in [1.82, 2.24) is 0 Å². The van der Waals surface area contributed by atoms with E-state index in [0.29, 0.717) is 48.2 Å². The highest BCUT2D eigenvalue weighted by atomic mass is 16.7. The van der Waals surface area contributed by atoms with Crippen molar-refractivity contribution in [3.8, 4) is 17.2 Å². The molecule has 198 valence electrons. The second-order valence-corrected chi connectivity index (χ2v) is 9.92. The van der Waals surface area contributed by atoms with E-state index in [1.165, 1.54) is 0 Å². The maximum absolute atomic E-state index is 13.4. The maximum atomic E-state index is 13.4. The van der Waals surface area contributed by atoms with Crippen molar-refractivity contribution in [2.75, 3.05) is 20.0 Å². The Morgan fingerprint density at radius 2 is 1.59 bits per heavy atom. The standard InChI is InChI=1S/C33H30O6/c1-22(34)32-31(24-15-16-29-30(19-24)39-21-38-29)25-11-5-6-12-26(25)33(32,35)27-13-7-8-14-28(27)37-18-17-36-20-23-9-3-2-4-10-23/h2-16,19,31-32,35H,17-18,20-21H2,1H3. The zero-order valence-corrected chi connectivity index (χ0v) is 21.7. The highest BCUT2D eigenvalue weighted by molar-refractivity contribution is 5.85. The van der Waals surface area contributed by atoms with Crippen LogP contribution in [-0.2, 0) is 21.7 Å². The fourth-order valence-electron chi connectivity index (χ4n) is 5.91. The Kier molecular flexibility index (Phi) is 6.81. The lowest BCUT2D eigenvalue weighted by atomic mass is 9.74. The summed E-state index contributed by atoms with van der Waals surface area (Å²) in [5.74, 6) is 0.581. The molecule has 0 saturated heterocycles. The van der Waals surface area contributed by atoms with Crippen LogP contribution in [0, 0.1) is 5.92 Å². The quantitative estimate of drug-likeness (QED) is 0.289. The van der Waals surface area contributed by atoms with Crippen LogP contribution in [0.1, 0.15) is 40.7 Å². The Bertz CT molecular complexity index is 1480. The molecule has 39 heavy (non-hydrogen) atoms. The molecule has 4 aromatic carbocycles. The van der Waals surface area contributed by atoms with E-state index in [4.69, 9.17) is 18.9 Å². The van der Waals surface area contributed by atoms with Gasteiger partial charge in [0.2, 0.25) is 6.79 Å². The van der Waals surface area contributed by atoms with Gasteiger partial charge in [0.25, 0.3) is 0 Å². The summed E-state index contributed by atoms with van der Waals surface area (Å²) in [4.78, 5) is 13.4. The number of carbonyl (C=O) groups is 1. The first-order chi connectivity index (χ1) is 19.1. The van der Waals surface area contributed by atoms with Gasteiger partial charge in [0.1, 0.15) is 23.7 Å². The van der Waals surface area contributed by atoms with Gasteiger partial charge < -0.3 is 24.1 Å². The van der Waals surface area contributed by atoms with Crippen molar-refractivity contribution in [2.45, 2.75) is 25.0 Å². The van der Waals surface area contributed by atoms with Gasteiger partial charge in [-0.2, -0.15) is 0 Å². The second-order valence-electron chi connectivity index (χ2n) is 9.92. The first-order valence-corrected chi connectivity index (χ1v) is 13.1. The van der Waals surface area contributed by atoms with E-state index in [1.54, 1.807) is 6.92 Å². The summed E-state index contributed by atoms with van der Waals surface area (Å²) in [6.07, 6.45) is 0. The Morgan fingerprint density at radius 1 is 0.872 bits per heavy atom. The number of ether oxygens (including phenoxy) is 4. The molecule has 3 atom stereocenters. The molecule has 0 fully saturated rings. The largest absolute Gasteiger partial charge is 0.491 e. The molecule has 3 unspecified atom stereocenters. The monoisotopic (exact) mass is 522 g/mol.